The Morgan fingerprint density at radius 2 is 2.21 bits per heavy atom. The van der Waals surface area contributed by atoms with Crippen molar-refractivity contribution in [3.63, 3.8) is 0 Å². The maximum absolute atomic E-state index is 5.31. The molecule has 0 bridgehead atoms. The third-order valence-corrected chi connectivity index (χ3v) is 3.04. The van der Waals surface area contributed by atoms with E-state index in [1.807, 2.05) is 0 Å². The lowest BCUT2D eigenvalue weighted by Gasteiger charge is -2.29. The maximum Gasteiger partial charge on any atom is 0.0220 e. The summed E-state index contributed by atoms with van der Waals surface area (Å²) < 4.78 is 0. The Bertz CT molecular complexity index is 195. The van der Waals surface area contributed by atoms with E-state index >= 15 is 0 Å². The van der Waals surface area contributed by atoms with Gasteiger partial charge in [-0.25, -0.2) is 0 Å². The van der Waals surface area contributed by atoms with E-state index in [4.69, 9.17) is 6.42 Å². The van der Waals surface area contributed by atoms with Gasteiger partial charge in [-0.2, -0.15) is 0 Å². The fraction of sp³-hybridized carbons (Fsp3) is 0.833. The summed E-state index contributed by atoms with van der Waals surface area (Å²) in [6, 6.07) is 0.704. The Kier molecular flexibility index (Phi) is 5.00. The molecule has 0 aromatic rings. The van der Waals surface area contributed by atoms with Crippen LogP contribution < -0.4 is 0 Å². The molecule has 1 aliphatic rings. The number of terminal acetylenes is 1. The molecule has 0 N–H and O–H groups in total. The van der Waals surface area contributed by atoms with Gasteiger partial charge in [0.05, 0.1) is 0 Å². The van der Waals surface area contributed by atoms with Crippen molar-refractivity contribution in [1.29, 1.82) is 0 Å². The fourth-order valence-electron chi connectivity index (χ4n) is 2.18. The molecule has 80 valence electrons. The minimum absolute atomic E-state index is 0.704. The number of hydrogen-bond acceptors (Lipinski definition) is 2. The average molecular weight is 194 g/mol. The van der Waals surface area contributed by atoms with Crippen molar-refractivity contribution in [1.82, 2.24) is 9.80 Å². The van der Waals surface area contributed by atoms with Gasteiger partial charge in [-0.05, 0) is 33.0 Å². The maximum atomic E-state index is 5.31. The first-order valence-electron chi connectivity index (χ1n) is 5.64. The molecule has 1 aliphatic heterocycles. The van der Waals surface area contributed by atoms with Gasteiger partial charge in [0.15, 0.2) is 0 Å². The van der Waals surface area contributed by atoms with Gasteiger partial charge in [0, 0.05) is 25.6 Å². The molecule has 0 saturated carbocycles. The van der Waals surface area contributed by atoms with Crippen LogP contribution in [0.5, 0.6) is 0 Å². The van der Waals surface area contributed by atoms with Crippen LogP contribution in [-0.2, 0) is 0 Å². The zero-order valence-electron chi connectivity index (χ0n) is 9.50. The van der Waals surface area contributed by atoms with Gasteiger partial charge < -0.3 is 4.90 Å². The monoisotopic (exact) mass is 194 g/mol. The van der Waals surface area contributed by atoms with Gasteiger partial charge in [-0.3, -0.25) is 4.90 Å². The first-order chi connectivity index (χ1) is 6.77. The summed E-state index contributed by atoms with van der Waals surface area (Å²) in [6.45, 7) is 6.98. The summed E-state index contributed by atoms with van der Waals surface area (Å²) in [6.07, 6.45) is 8.71. The molecule has 0 aromatic carbocycles. The van der Waals surface area contributed by atoms with E-state index in [9.17, 15) is 0 Å². The van der Waals surface area contributed by atoms with Gasteiger partial charge in [0.25, 0.3) is 0 Å². The molecular weight excluding hydrogens is 172 g/mol. The second kappa shape index (κ2) is 6.06. The minimum atomic E-state index is 0.704. The molecule has 0 spiro atoms. The lowest BCUT2D eigenvalue weighted by molar-refractivity contribution is 0.187. The highest BCUT2D eigenvalue weighted by atomic mass is 15.2. The summed E-state index contributed by atoms with van der Waals surface area (Å²) in [5.74, 6) is 2.74. The number of hydrogen-bond donors (Lipinski definition) is 0. The molecule has 2 nitrogen and oxygen atoms in total. The zero-order chi connectivity index (χ0) is 10.4. The smallest absolute Gasteiger partial charge is 0.0220 e. The molecule has 1 rings (SSSR count). The third kappa shape index (κ3) is 3.32. The zero-order valence-corrected chi connectivity index (χ0v) is 9.50. The number of rotatable bonds is 3. The Balaban J connectivity index is 2.48. The van der Waals surface area contributed by atoms with E-state index in [1.54, 1.807) is 0 Å². The standard InChI is InChI=1S/C12H22N2/c1-4-6-9-14-10-7-8-13(3)11-12(14)5-2/h1,12H,5-11H2,2-3H3. The van der Waals surface area contributed by atoms with E-state index in [0.29, 0.717) is 6.04 Å². The predicted octanol–water partition coefficient (Wildman–Crippen LogP) is 1.43. The first kappa shape index (κ1) is 11.6. The Labute approximate surface area is 88.3 Å². The van der Waals surface area contributed by atoms with Gasteiger partial charge in [0.2, 0.25) is 0 Å². The van der Waals surface area contributed by atoms with Crippen LogP contribution in [0.1, 0.15) is 26.2 Å². The highest BCUT2D eigenvalue weighted by molar-refractivity contribution is 4.87. The third-order valence-electron chi connectivity index (χ3n) is 3.04. The topological polar surface area (TPSA) is 6.48 Å². The SMILES string of the molecule is C#CCCN1CCCN(C)CC1CC. The minimum Gasteiger partial charge on any atom is -0.305 e. The van der Waals surface area contributed by atoms with Gasteiger partial charge >= 0.3 is 0 Å². The molecule has 0 radical (unpaired) electrons. The molecule has 14 heavy (non-hydrogen) atoms. The Morgan fingerprint density at radius 3 is 2.86 bits per heavy atom. The lowest BCUT2D eigenvalue weighted by Crippen LogP contribution is -2.40. The Hall–Kier alpha value is -0.520. The molecule has 0 aromatic heterocycles. The van der Waals surface area contributed by atoms with E-state index < -0.39 is 0 Å². The lowest BCUT2D eigenvalue weighted by atomic mass is 10.2. The molecule has 0 aliphatic carbocycles. The van der Waals surface area contributed by atoms with Crippen LogP contribution in [0, 0.1) is 12.3 Å². The van der Waals surface area contributed by atoms with Crippen molar-refractivity contribution >= 4 is 0 Å². The summed E-state index contributed by atoms with van der Waals surface area (Å²) in [4.78, 5) is 4.99. The van der Waals surface area contributed by atoms with Crippen molar-refractivity contribution in [3.8, 4) is 12.3 Å². The highest BCUT2D eigenvalue weighted by Crippen LogP contribution is 2.11. The normalized spacial score (nSPS) is 25.6. The fourth-order valence-corrected chi connectivity index (χ4v) is 2.18. The van der Waals surface area contributed by atoms with E-state index in [0.717, 1.165) is 13.0 Å². The van der Waals surface area contributed by atoms with Crippen molar-refractivity contribution < 1.29 is 0 Å². The quantitative estimate of drug-likeness (QED) is 0.627. The van der Waals surface area contributed by atoms with Gasteiger partial charge in [0.1, 0.15) is 0 Å². The van der Waals surface area contributed by atoms with Crippen LogP contribution in [0.15, 0.2) is 0 Å². The van der Waals surface area contributed by atoms with Crippen LogP contribution in [0.3, 0.4) is 0 Å². The average Bonchev–Trinajstić information content (AvgIpc) is 2.36. The van der Waals surface area contributed by atoms with Crippen molar-refractivity contribution in [2.45, 2.75) is 32.2 Å². The van der Waals surface area contributed by atoms with Crippen LogP contribution in [-0.4, -0.2) is 49.1 Å². The highest BCUT2D eigenvalue weighted by Gasteiger charge is 2.20. The summed E-state index contributed by atoms with van der Waals surface area (Å²) in [5, 5.41) is 0. The largest absolute Gasteiger partial charge is 0.305 e. The molecule has 1 unspecified atom stereocenters. The number of likely N-dealkylation sites (N-methyl/N-ethyl adjacent to an activating group) is 1. The summed E-state index contributed by atoms with van der Waals surface area (Å²) >= 11 is 0. The summed E-state index contributed by atoms with van der Waals surface area (Å²) in [5.41, 5.74) is 0. The number of nitrogens with zero attached hydrogens (tertiary/aromatic N) is 2. The van der Waals surface area contributed by atoms with Crippen LogP contribution in [0.4, 0.5) is 0 Å². The molecule has 0 amide bonds. The van der Waals surface area contributed by atoms with Gasteiger partial charge in [-0.1, -0.05) is 6.92 Å². The second-order valence-electron chi connectivity index (χ2n) is 4.17. The summed E-state index contributed by atoms with van der Waals surface area (Å²) in [7, 11) is 2.22. The molecule has 2 heteroatoms. The molecule has 1 fully saturated rings. The van der Waals surface area contributed by atoms with Crippen molar-refractivity contribution in [2.24, 2.45) is 0 Å². The first-order valence-corrected chi connectivity index (χ1v) is 5.64. The second-order valence-corrected chi connectivity index (χ2v) is 4.17. The van der Waals surface area contributed by atoms with Gasteiger partial charge in [-0.15, -0.1) is 12.3 Å². The Morgan fingerprint density at radius 1 is 1.43 bits per heavy atom. The molecular formula is C12H22N2. The molecule has 1 saturated heterocycles. The van der Waals surface area contributed by atoms with Crippen LogP contribution >= 0.6 is 0 Å². The predicted molar refractivity (Wildman–Crippen MR) is 61.2 cm³/mol. The molecule has 1 atom stereocenters. The van der Waals surface area contributed by atoms with E-state index in [1.165, 1.54) is 32.5 Å². The van der Waals surface area contributed by atoms with E-state index in [-0.39, 0.29) is 0 Å². The van der Waals surface area contributed by atoms with Crippen LogP contribution in [0.25, 0.3) is 0 Å². The van der Waals surface area contributed by atoms with E-state index in [2.05, 4.69) is 29.7 Å². The van der Waals surface area contributed by atoms with Crippen molar-refractivity contribution in [2.75, 3.05) is 33.2 Å². The molecule has 1 heterocycles. The van der Waals surface area contributed by atoms with Crippen LogP contribution in [0.2, 0.25) is 0 Å². The van der Waals surface area contributed by atoms with Crippen molar-refractivity contribution in [3.05, 3.63) is 0 Å².